The number of nitrogens with two attached hydrogens (primary N) is 1. The fourth-order valence-electron chi connectivity index (χ4n) is 2.15. The number of nitro groups is 1. The van der Waals surface area contributed by atoms with Crippen LogP contribution in [0.25, 0.3) is 0 Å². The molecule has 92 valence electrons. The Balaban J connectivity index is 2.31. The van der Waals surface area contributed by atoms with Crippen LogP contribution in [0.5, 0.6) is 0 Å². The molecule has 2 N–H and O–H groups in total. The highest BCUT2D eigenvalue weighted by atomic mass is 79.9. The van der Waals surface area contributed by atoms with Crippen molar-refractivity contribution in [1.82, 2.24) is 0 Å². The lowest BCUT2D eigenvalue weighted by Crippen LogP contribution is -2.23. The number of nitro benzene ring substituents is 1. The average molecular weight is 300 g/mol. The molecule has 1 atom stereocenters. The third-order valence-corrected chi connectivity index (χ3v) is 3.59. The van der Waals surface area contributed by atoms with Crippen molar-refractivity contribution >= 4 is 27.3 Å². The zero-order valence-electron chi connectivity index (χ0n) is 9.30. The molecule has 1 fully saturated rings. The second kappa shape index (κ2) is 5.01. The maximum absolute atomic E-state index is 11.0. The zero-order valence-corrected chi connectivity index (χ0v) is 10.9. The lowest BCUT2D eigenvalue weighted by molar-refractivity contribution is -0.384. The molecule has 1 aromatic carbocycles. The van der Waals surface area contributed by atoms with E-state index in [2.05, 4.69) is 15.9 Å². The van der Waals surface area contributed by atoms with Crippen LogP contribution in [0.3, 0.4) is 0 Å². The summed E-state index contributed by atoms with van der Waals surface area (Å²) in [5.74, 6) is 0.439. The summed E-state index contributed by atoms with van der Waals surface area (Å²) in [5.41, 5.74) is 6.47. The van der Waals surface area contributed by atoms with Crippen LogP contribution in [-0.4, -0.2) is 24.6 Å². The molecule has 2 rings (SSSR count). The van der Waals surface area contributed by atoms with Crippen LogP contribution in [0.1, 0.15) is 6.42 Å². The van der Waals surface area contributed by atoms with Crippen molar-refractivity contribution in [2.24, 2.45) is 11.7 Å². The average Bonchev–Trinajstić information content (AvgIpc) is 2.76. The summed E-state index contributed by atoms with van der Waals surface area (Å²) in [4.78, 5) is 12.7. The van der Waals surface area contributed by atoms with Gasteiger partial charge in [0.1, 0.15) is 5.69 Å². The first-order valence-electron chi connectivity index (χ1n) is 5.50. The molecule has 0 bridgehead atoms. The van der Waals surface area contributed by atoms with Crippen molar-refractivity contribution in [2.45, 2.75) is 6.42 Å². The molecule has 0 aromatic heterocycles. The van der Waals surface area contributed by atoms with E-state index in [0.717, 1.165) is 24.0 Å². The second-order valence-corrected chi connectivity index (χ2v) is 5.14. The molecule has 1 aliphatic rings. The first-order chi connectivity index (χ1) is 8.11. The van der Waals surface area contributed by atoms with Gasteiger partial charge in [-0.1, -0.05) is 15.9 Å². The highest BCUT2D eigenvalue weighted by molar-refractivity contribution is 9.10. The number of nitrogens with zero attached hydrogens (tertiary/aromatic N) is 2. The van der Waals surface area contributed by atoms with Crippen LogP contribution in [0.15, 0.2) is 22.7 Å². The van der Waals surface area contributed by atoms with Crippen molar-refractivity contribution in [3.8, 4) is 0 Å². The standard InChI is InChI=1S/C11H14BrN3O2/c12-9-1-2-10(15(16)17)11(5-9)14-4-3-8(6-13)7-14/h1-2,5,8H,3-4,6-7,13H2. The zero-order chi connectivity index (χ0) is 12.4. The Morgan fingerprint density at radius 1 is 1.59 bits per heavy atom. The third-order valence-electron chi connectivity index (χ3n) is 3.09. The van der Waals surface area contributed by atoms with Gasteiger partial charge < -0.3 is 10.6 Å². The van der Waals surface area contributed by atoms with Crippen LogP contribution < -0.4 is 10.6 Å². The van der Waals surface area contributed by atoms with Gasteiger partial charge >= 0.3 is 0 Å². The number of benzene rings is 1. The number of hydrogen-bond donors (Lipinski definition) is 1. The van der Waals surface area contributed by atoms with Crippen molar-refractivity contribution in [3.05, 3.63) is 32.8 Å². The third kappa shape index (κ3) is 2.58. The minimum atomic E-state index is -0.336. The Morgan fingerprint density at radius 3 is 2.94 bits per heavy atom. The Morgan fingerprint density at radius 2 is 2.35 bits per heavy atom. The van der Waals surface area contributed by atoms with Gasteiger partial charge in [-0.25, -0.2) is 0 Å². The van der Waals surface area contributed by atoms with E-state index in [0.29, 0.717) is 18.2 Å². The van der Waals surface area contributed by atoms with Gasteiger partial charge in [-0.3, -0.25) is 10.1 Å². The van der Waals surface area contributed by atoms with Crippen LogP contribution in [0.2, 0.25) is 0 Å². The van der Waals surface area contributed by atoms with Gasteiger partial charge in [0.25, 0.3) is 5.69 Å². The lowest BCUT2D eigenvalue weighted by atomic mass is 10.1. The molecule has 0 spiro atoms. The van der Waals surface area contributed by atoms with Gasteiger partial charge in [0.15, 0.2) is 0 Å². The van der Waals surface area contributed by atoms with Gasteiger partial charge in [0, 0.05) is 23.6 Å². The highest BCUT2D eigenvalue weighted by Gasteiger charge is 2.26. The van der Waals surface area contributed by atoms with Gasteiger partial charge in [-0.15, -0.1) is 0 Å². The quantitative estimate of drug-likeness (QED) is 0.685. The van der Waals surface area contributed by atoms with Gasteiger partial charge in [0.05, 0.1) is 4.92 Å². The maximum Gasteiger partial charge on any atom is 0.292 e. The molecule has 1 aromatic rings. The predicted molar refractivity (Wildman–Crippen MR) is 70.2 cm³/mol. The summed E-state index contributed by atoms with van der Waals surface area (Å²) in [6.07, 6.45) is 1.00. The van der Waals surface area contributed by atoms with E-state index in [-0.39, 0.29) is 10.6 Å². The monoisotopic (exact) mass is 299 g/mol. The van der Waals surface area contributed by atoms with Crippen molar-refractivity contribution in [3.63, 3.8) is 0 Å². The highest BCUT2D eigenvalue weighted by Crippen LogP contribution is 2.34. The van der Waals surface area contributed by atoms with Crippen molar-refractivity contribution in [1.29, 1.82) is 0 Å². The van der Waals surface area contributed by atoms with Crippen molar-refractivity contribution < 1.29 is 4.92 Å². The largest absolute Gasteiger partial charge is 0.366 e. The molecule has 6 heteroatoms. The van der Waals surface area contributed by atoms with Crippen LogP contribution in [0.4, 0.5) is 11.4 Å². The minimum Gasteiger partial charge on any atom is -0.366 e. The summed E-state index contributed by atoms with van der Waals surface area (Å²) in [7, 11) is 0. The summed E-state index contributed by atoms with van der Waals surface area (Å²) >= 11 is 3.35. The Labute approximate surface area is 108 Å². The molecule has 17 heavy (non-hydrogen) atoms. The van der Waals surface area contributed by atoms with E-state index >= 15 is 0 Å². The number of anilines is 1. The molecule has 0 amide bonds. The SMILES string of the molecule is NCC1CCN(c2cc(Br)ccc2[N+](=O)[O-])C1. The predicted octanol–water partition coefficient (Wildman–Crippen LogP) is 2.14. The van der Waals surface area contributed by atoms with Crippen LogP contribution in [0, 0.1) is 16.0 Å². The summed E-state index contributed by atoms with van der Waals surface area (Å²) < 4.78 is 0.856. The summed E-state index contributed by atoms with van der Waals surface area (Å²) in [6, 6.07) is 5.03. The Bertz CT molecular complexity index is 439. The molecule has 1 saturated heterocycles. The van der Waals surface area contributed by atoms with E-state index in [1.165, 1.54) is 6.07 Å². The molecule has 1 aliphatic heterocycles. The van der Waals surface area contributed by atoms with E-state index < -0.39 is 0 Å². The maximum atomic E-state index is 11.0. The summed E-state index contributed by atoms with van der Waals surface area (Å²) in [6.45, 7) is 2.27. The van der Waals surface area contributed by atoms with E-state index in [4.69, 9.17) is 5.73 Å². The number of hydrogen-bond acceptors (Lipinski definition) is 4. The Kier molecular flexibility index (Phi) is 3.63. The number of halogens is 1. The number of rotatable bonds is 3. The lowest BCUT2D eigenvalue weighted by Gasteiger charge is -2.18. The molecule has 0 saturated carbocycles. The first kappa shape index (κ1) is 12.3. The molecule has 0 radical (unpaired) electrons. The minimum absolute atomic E-state index is 0.158. The molecule has 5 nitrogen and oxygen atoms in total. The topological polar surface area (TPSA) is 72.4 Å². The molecular weight excluding hydrogens is 286 g/mol. The molecule has 1 unspecified atom stereocenters. The van der Waals surface area contributed by atoms with Crippen LogP contribution >= 0.6 is 15.9 Å². The first-order valence-corrected chi connectivity index (χ1v) is 6.30. The van der Waals surface area contributed by atoms with E-state index in [1.807, 2.05) is 4.90 Å². The van der Waals surface area contributed by atoms with Crippen LogP contribution in [-0.2, 0) is 0 Å². The normalized spacial score (nSPS) is 19.6. The molecule has 0 aliphatic carbocycles. The smallest absolute Gasteiger partial charge is 0.292 e. The van der Waals surface area contributed by atoms with Gasteiger partial charge in [-0.2, -0.15) is 0 Å². The Hall–Kier alpha value is -1.14. The molecule has 1 heterocycles. The summed E-state index contributed by atoms with van der Waals surface area (Å²) in [5, 5.41) is 11.0. The fraction of sp³-hybridized carbons (Fsp3) is 0.455. The fourth-order valence-corrected chi connectivity index (χ4v) is 2.50. The van der Waals surface area contributed by atoms with Crippen molar-refractivity contribution in [2.75, 3.05) is 24.5 Å². The molecular formula is C11H14BrN3O2. The van der Waals surface area contributed by atoms with E-state index in [9.17, 15) is 10.1 Å². The van der Waals surface area contributed by atoms with Gasteiger partial charge in [-0.05, 0) is 31.0 Å². The second-order valence-electron chi connectivity index (χ2n) is 4.23. The van der Waals surface area contributed by atoms with E-state index in [1.54, 1.807) is 12.1 Å². The van der Waals surface area contributed by atoms with Gasteiger partial charge in [0.2, 0.25) is 0 Å².